The summed E-state index contributed by atoms with van der Waals surface area (Å²) in [6, 6.07) is 14.6. The Labute approximate surface area is 195 Å². The van der Waals surface area contributed by atoms with Crippen molar-refractivity contribution >= 4 is 34.9 Å². The summed E-state index contributed by atoms with van der Waals surface area (Å²) in [7, 11) is 0. The van der Waals surface area contributed by atoms with Gasteiger partial charge in [0, 0.05) is 12.1 Å². The lowest BCUT2D eigenvalue weighted by Crippen LogP contribution is -2.34. The molecule has 0 saturated heterocycles. The number of nitrogens with one attached hydrogen (secondary N) is 2. The Morgan fingerprint density at radius 2 is 1.62 bits per heavy atom. The largest absolute Gasteiger partial charge is 0.494 e. The van der Waals surface area contributed by atoms with Crippen LogP contribution in [0.5, 0.6) is 5.75 Å². The van der Waals surface area contributed by atoms with Crippen molar-refractivity contribution in [2.24, 2.45) is 0 Å². The second-order valence-corrected chi connectivity index (χ2v) is 7.95. The van der Waals surface area contributed by atoms with Crippen LogP contribution in [0.3, 0.4) is 0 Å². The molecule has 172 valence electrons. The third kappa shape index (κ3) is 9.92. The van der Waals surface area contributed by atoms with Crippen LogP contribution in [0.1, 0.15) is 61.4 Å². The molecular weight excluding hydrogens is 424 g/mol. The first kappa shape index (κ1) is 25.3. The van der Waals surface area contributed by atoms with Crippen molar-refractivity contribution in [3.63, 3.8) is 0 Å². The van der Waals surface area contributed by atoms with E-state index in [1.54, 1.807) is 24.3 Å². The molecule has 0 aliphatic rings. The molecule has 0 unspecified atom stereocenters. The van der Waals surface area contributed by atoms with Crippen molar-refractivity contribution in [1.82, 2.24) is 5.32 Å². The smallest absolute Gasteiger partial charge is 0.338 e. The third-order valence-electron chi connectivity index (χ3n) is 4.70. The van der Waals surface area contributed by atoms with Crippen molar-refractivity contribution in [3.8, 4) is 5.75 Å². The molecule has 2 aromatic rings. The Morgan fingerprint density at radius 1 is 0.906 bits per heavy atom. The average molecular weight is 457 g/mol. The van der Waals surface area contributed by atoms with E-state index in [1.165, 1.54) is 5.56 Å². The van der Waals surface area contributed by atoms with Gasteiger partial charge in [0.2, 0.25) is 5.91 Å². The van der Waals surface area contributed by atoms with E-state index in [2.05, 4.69) is 17.6 Å². The first-order chi connectivity index (χ1) is 15.5. The highest BCUT2D eigenvalue weighted by Crippen LogP contribution is 2.13. The lowest BCUT2D eigenvalue weighted by Gasteiger charge is -2.11. The van der Waals surface area contributed by atoms with Gasteiger partial charge in [-0.2, -0.15) is 0 Å². The van der Waals surface area contributed by atoms with E-state index in [0.29, 0.717) is 37.3 Å². The summed E-state index contributed by atoms with van der Waals surface area (Å²) in [5.74, 6) is 0.270. The topological polar surface area (TPSA) is 76.7 Å². The molecule has 2 N–H and O–H groups in total. The minimum absolute atomic E-state index is 0.182. The van der Waals surface area contributed by atoms with Crippen LogP contribution >= 0.6 is 12.2 Å². The van der Waals surface area contributed by atoms with Crippen molar-refractivity contribution in [3.05, 3.63) is 59.7 Å². The van der Waals surface area contributed by atoms with Crippen LogP contribution in [0.25, 0.3) is 0 Å². The molecule has 0 aliphatic heterocycles. The molecule has 0 bridgehead atoms. The number of amides is 1. The van der Waals surface area contributed by atoms with Gasteiger partial charge in [0.1, 0.15) is 5.75 Å². The molecule has 2 aromatic carbocycles. The Morgan fingerprint density at radius 3 is 2.31 bits per heavy atom. The summed E-state index contributed by atoms with van der Waals surface area (Å²) < 4.78 is 10.9. The number of carbonyl (C=O) groups is 2. The highest BCUT2D eigenvalue weighted by atomic mass is 32.1. The van der Waals surface area contributed by atoms with Gasteiger partial charge < -0.3 is 20.1 Å². The van der Waals surface area contributed by atoms with E-state index in [1.807, 2.05) is 31.2 Å². The predicted molar refractivity (Wildman–Crippen MR) is 131 cm³/mol. The van der Waals surface area contributed by atoms with Crippen LogP contribution < -0.4 is 15.4 Å². The number of rotatable bonds is 12. The van der Waals surface area contributed by atoms with Crippen molar-refractivity contribution < 1.29 is 19.1 Å². The van der Waals surface area contributed by atoms with E-state index < -0.39 is 0 Å². The normalized spacial score (nSPS) is 10.3. The van der Waals surface area contributed by atoms with Gasteiger partial charge in [0.25, 0.3) is 0 Å². The number of unbranched alkanes of at least 4 members (excludes halogenated alkanes) is 3. The summed E-state index contributed by atoms with van der Waals surface area (Å²) in [4.78, 5) is 24.1. The van der Waals surface area contributed by atoms with Crippen LogP contribution in [0, 0.1) is 6.92 Å². The number of thiocarbonyl (C=S) groups is 1. The molecule has 6 nitrogen and oxygen atoms in total. The van der Waals surface area contributed by atoms with Gasteiger partial charge in [-0.05, 0) is 68.4 Å². The third-order valence-corrected chi connectivity index (χ3v) is 4.90. The zero-order valence-corrected chi connectivity index (χ0v) is 19.6. The van der Waals surface area contributed by atoms with Crippen LogP contribution in [-0.2, 0) is 9.53 Å². The Kier molecular flexibility index (Phi) is 11.2. The zero-order valence-electron chi connectivity index (χ0n) is 18.8. The van der Waals surface area contributed by atoms with Gasteiger partial charge in [0.15, 0.2) is 5.11 Å². The average Bonchev–Trinajstić information content (AvgIpc) is 2.78. The quantitative estimate of drug-likeness (QED) is 0.253. The first-order valence-electron chi connectivity index (χ1n) is 11.1. The zero-order chi connectivity index (χ0) is 23.2. The lowest BCUT2D eigenvalue weighted by molar-refractivity contribution is -0.119. The van der Waals surface area contributed by atoms with Crippen LogP contribution in [0.2, 0.25) is 0 Å². The van der Waals surface area contributed by atoms with Crippen LogP contribution in [-0.4, -0.2) is 30.2 Å². The number of anilines is 1. The minimum atomic E-state index is -0.336. The molecule has 1 amide bonds. The van der Waals surface area contributed by atoms with Crippen molar-refractivity contribution in [2.45, 2.75) is 52.4 Å². The minimum Gasteiger partial charge on any atom is -0.494 e. The van der Waals surface area contributed by atoms with Gasteiger partial charge in [-0.1, -0.05) is 43.9 Å². The molecule has 0 atom stereocenters. The maximum Gasteiger partial charge on any atom is 0.338 e. The van der Waals surface area contributed by atoms with Gasteiger partial charge in [-0.3, -0.25) is 4.79 Å². The van der Waals surface area contributed by atoms with Gasteiger partial charge in [-0.25, -0.2) is 4.79 Å². The molecular formula is C25H32N2O4S. The maximum absolute atomic E-state index is 12.1. The second-order valence-electron chi connectivity index (χ2n) is 7.54. The van der Waals surface area contributed by atoms with Gasteiger partial charge in [0.05, 0.1) is 18.8 Å². The molecule has 0 aliphatic carbocycles. The first-order valence-corrected chi connectivity index (χ1v) is 11.5. The molecule has 2 rings (SSSR count). The van der Waals surface area contributed by atoms with Gasteiger partial charge in [-0.15, -0.1) is 0 Å². The summed E-state index contributed by atoms with van der Waals surface area (Å²) in [6.45, 7) is 5.04. The van der Waals surface area contributed by atoms with E-state index in [0.717, 1.165) is 31.4 Å². The molecule has 32 heavy (non-hydrogen) atoms. The summed E-state index contributed by atoms with van der Waals surface area (Å²) in [6.07, 6.45) is 5.12. The number of hydrogen-bond donors (Lipinski definition) is 2. The fourth-order valence-corrected chi connectivity index (χ4v) is 3.11. The number of hydrogen-bond acceptors (Lipinski definition) is 5. The molecule has 0 aromatic heterocycles. The fraction of sp³-hybridized carbons (Fsp3) is 0.400. The number of ether oxygens (including phenoxy) is 2. The second kappa shape index (κ2) is 14.2. The Bertz CT molecular complexity index is 867. The SMILES string of the molecule is CCCCCCOC(=O)c1ccc(NC(=S)NC(=O)CCCOc2ccc(C)cc2)cc1. The molecule has 0 radical (unpaired) electrons. The summed E-state index contributed by atoms with van der Waals surface area (Å²) in [5.41, 5.74) is 2.33. The Balaban J connectivity index is 1.64. The van der Waals surface area contributed by atoms with E-state index in [-0.39, 0.29) is 17.0 Å². The standard InChI is InChI=1S/C25H32N2O4S/c1-3-4-5-6-17-31-24(29)20-11-13-21(14-12-20)26-25(32)27-23(28)8-7-18-30-22-15-9-19(2)10-16-22/h9-16H,3-8,17-18H2,1-2H3,(H2,26,27,28,32). The fourth-order valence-electron chi connectivity index (χ4n) is 2.88. The van der Waals surface area contributed by atoms with Crippen LogP contribution in [0.15, 0.2) is 48.5 Å². The van der Waals surface area contributed by atoms with E-state index in [9.17, 15) is 9.59 Å². The summed E-state index contributed by atoms with van der Waals surface area (Å²) >= 11 is 5.19. The van der Waals surface area contributed by atoms with Gasteiger partial charge >= 0.3 is 5.97 Å². The molecule has 0 spiro atoms. The highest BCUT2D eigenvalue weighted by Gasteiger charge is 2.08. The van der Waals surface area contributed by atoms with Crippen molar-refractivity contribution in [1.29, 1.82) is 0 Å². The number of aryl methyl sites for hydroxylation is 1. The number of esters is 1. The lowest BCUT2D eigenvalue weighted by atomic mass is 10.2. The Hall–Kier alpha value is -2.93. The van der Waals surface area contributed by atoms with Crippen molar-refractivity contribution in [2.75, 3.05) is 18.5 Å². The predicted octanol–water partition coefficient (Wildman–Crippen LogP) is 5.40. The van der Waals surface area contributed by atoms with E-state index in [4.69, 9.17) is 21.7 Å². The molecule has 0 fully saturated rings. The monoisotopic (exact) mass is 456 g/mol. The molecule has 0 heterocycles. The molecule has 0 saturated carbocycles. The van der Waals surface area contributed by atoms with Crippen LogP contribution in [0.4, 0.5) is 5.69 Å². The summed E-state index contributed by atoms with van der Waals surface area (Å²) in [5, 5.41) is 5.80. The highest BCUT2D eigenvalue weighted by molar-refractivity contribution is 7.80. The van der Waals surface area contributed by atoms with E-state index >= 15 is 0 Å². The molecule has 7 heteroatoms. The number of benzene rings is 2. The maximum atomic E-state index is 12.1. The number of carbonyl (C=O) groups excluding carboxylic acids is 2.